The number of fused-ring (bicyclic) bond motifs is 1. The molecule has 0 aliphatic carbocycles. The standard InChI is InChI=1S/C30H36N2O7S/c1-20-16-32(21(2)19-33)40(36,37)29-14-11-23(22-9-12-25(38-4)13-10-22)15-27(29)39-28(20)18-31(3)17-24-7-5-6-8-26(24)30(34)35/h5-15,20-21,28,33H,16-19H2,1-4H3,(H,34,35)/t20-,21-,28+/m1/s1. The van der Waals surface area contributed by atoms with Gasteiger partial charge >= 0.3 is 5.97 Å². The minimum absolute atomic E-state index is 0.0424. The molecule has 0 unspecified atom stereocenters. The monoisotopic (exact) mass is 568 g/mol. The molecule has 2 N–H and O–H groups in total. The van der Waals surface area contributed by atoms with Crippen molar-refractivity contribution in [2.75, 3.05) is 33.9 Å². The van der Waals surface area contributed by atoms with E-state index >= 15 is 0 Å². The minimum Gasteiger partial charge on any atom is -0.497 e. The Balaban J connectivity index is 1.71. The lowest BCUT2D eigenvalue weighted by Gasteiger charge is -2.37. The van der Waals surface area contributed by atoms with Crippen molar-refractivity contribution in [2.45, 2.75) is 37.4 Å². The number of aromatic carboxylic acids is 1. The molecule has 9 nitrogen and oxygen atoms in total. The third-order valence-corrected chi connectivity index (χ3v) is 9.29. The maximum atomic E-state index is 13.8. The van der Waals surface area contributed by atoms with Crippen molar-refractivity contribution in [1.82, 2.24) is 9.21 Å². The third kappa shape index (κ3) is 6.31. The molecule has 1 aliphatic heterocycles. The molecule has 1 heterocycles. The smallest absolute Gasteiger partial charge is 0.336 e. The van der Waals surface area contributed by atoms with Crippen molar-refractivity contribution < 1.29 is 32.9 Å². The van der Waals surface area contributed by atoms with E-state index in [2.05, 4.69) is 0 Å². The Morgan fingerprint density at radius 1 is 1.12 bits per heavy atom. The Morgan fingerprint density at radius 3 is 2.45 bits per heavy atom. The van der Waals surface area contributed by atoms with Crippen LogP contribution in [0.1, 0.15) is 29.8 Å². The van der Waals surface area contributed by atoms with E-state index in [1.54, 1.807) is 56.5 Å². The van der Waals surface area contributed by atoms with Crippen LogP contribution in [0.3, 0.4) is 0 Å². The second-order valence-electron chi connectivity index (χ2n) is 10.3. The quantitative estimate of drug-likeness (QED) is 0.399. The Kier molecular flexibility index (Phi) is 9.15. The molecule has 0 bridgehead atoms. The molecule has 0 spiro atoms. The molecule has 0 saturated carbocycles. The van der Waals surface area contributed by atoms with Gasteiger partial charge in [-0.1, -0.05) is 43.3 Å². The minimum atomic E-state index is -3.96. The second kappa shape index (κ2) is 12.4. The van der Waals surface area contributed by atoms with Crippen molar-refractivity contribution in [3.8, 4) is 22.6 Å². The molecule has 1 aliphatic rings. The van der Waals surface area contributed by atoms with Crippen LogP contribution in [-0.2, 0) is 16.6 Å². The highest BCUT2D eigenvalue weighted by molar-refractivity contribution is 7.89. The summed E-state index contributed by atoms with van der Waals surface area (Å²) in [7, 11) is -0.487. The van der Waals surface area contributed by atoms with Crippen LogP contribution in [0.4, 0.5) is 0 Å². The van der Waals surface area contributed by atoms with E-state index in [0.29, 0.717) is 24.4 Å². The first-order valence-electron chi connectivity index (χ1n) is 13.1. The van der Waals surface area contributed by atoms with Gasteiger partial charge in [0.1, 0.15) is 22.5 Å². The number of carbonyl (C=O) groups is 1. The number of nitrogens with zero attached hydrogens (tertiary/aromatic N) is 2. The molecular formula is C30H36N2O7S. The second-order valence-corrected chi connectivity index (χ2v) is 12.1. The fourth-order valence-corrected chi connectivity index (χ4v) is 6.76. The lowest BCUT2D eigenvalue weighted by molar-refractivity contribution is 0.0686. The van der Waals surface area contributed by atoms with Gasteiger partial charge in [-0.05, 0) is 61.0 Å². The topological polar surface area (TPSA) is 117 Å². The molecule has 10 heteroatoms. The number of hydrogen-bond donors (Lipinski definition) is 2. The van der Waals surface area contributed by atoms with Crippen molar-refractivity contribution in [1.29, 1.82) is 0 Å². The van der Waals surface area contributed by atoms with Gasteiger partial charge < -0.3 is 19.7 Å². The number of likely N-dealkylation sites (N-methyl/N-ethyl adjacent to an activating group) is 1. The maximum absolute atomic E-state index is 13.8. The van der Waals surface area contributed by atoms with Crippen molar-refractivity contribution >= 4 is 16.0 Å². The predicted molar refractivity (Wildman–Crippen MR) is 152 cm³/mol. The number of methoxy groups -OCH3 is 1. The number of carboxylic acid groups (broad SMARTS) is 1. The summed E-state index contributed by atoms with van der Waals surface area (Å²) in [6, 6.07) is 18.7. The molecule has 4 rings (SSSR count). The molecule has 0 radical (unpaired) electrons. The number of rotatable bonds is 9. The van der Waals surface area contributed by atoms with E-state index in [0.717, 1.165) is 11.1 Å². The summed E-state index contributed by atoms with van der Waals surface area (Å²) in [6.45, 7) is 4.25. The highest BCUT2D eigenvalue weighted by atomic mass is 32.2. The summed E-state index contributed by atoms with van der Waals surface area (Å²) >= 11 is 0. The SMILES string of the molecule is COc1ccc(-c2ccc3c(c2)O[C@@H](CN(C)Cc2ccccc2C(=O)O)[C@H](C)CN([C@H](C)CO)S3(=O)=O)cc1. The fourth-order valence-electron chi connectivity index (χ4n) is 4.94. The normalized spacial score (nSPS) is 19.6. The Bertz CT molecular complexity index is 1440. The van der Waals surface area contributed by atoms with Crippen LogP contribution in [0.25, 0.3) is 11.1 Å². The van der Waals surface area contributed by atoms with Crippen LogP contribution in [-0.4, -0.2) is 79.8 Å². The molecule has 3 atom stereocenters. The summed E-state index contributed by atoms with van der Waals surface area (Å²) in [5.41, 5.74) is 2.58. The van der Waals surface area contributed by atoms with E-state index in [1.165, 1.54) is 4.31 Å². The van der Waals surface area contributed by atoms with Gasteiger partial charge in [0.15, 0.2) is 0 Å². The third-order valence-electron chi connectivity index (χ3n) is 7.27. The van der Waals surface area contributed by atoms with Gasteiger partial charge in [-0.15, -0.1) is 0 Å². The lowest BCUT2D eigenvalue weighted by atomic mass is 10.0. The van der Waals surface area contributed by atoms with Crippen molar-refractivity contribution in [3.63, 3.8) is 0 Å². The molecule has 214 valence electrons. The van der Waals surface area contributed by atoms with E-state index in [9.17, 15) is 23.4 Å². The molecule has 0 amide bonds. The molecule has 0 saturated heterocycles. The van der Waals surface area contributed by atoms with E-state index in [4.69, 9.17) is 9.47 Å². The van der Waals surface area contributed by atoms with Gasteiger partial charge in [0.25, 0.3) is 0 Å². The first-order valence-corrected chi connectivity index (χ1v) is 14.6. The summed E-state index contributed by atoms with van der Waals surface area (Å²) in [4.78, 5) is 13.7. The first kappa shape index (κ1) is 29.5. The number of carboxylic acids is 1. The molecule has 0 fully saturated rings. The molecule has 3 aromatic carbocycles. The number of aliphatic hydroxyl groups excluding tert-OH is 1. The summed E-state index contributed by atoms with van der Waals surface area (Å²) < 4.78 is 40.6. The van der Waals surface area contributed by atoms with Gasteiger partial charge in [-0.25, -0.2) is 13.2 Å². The van der Waals surface area contributed by atoms with Crippen LogP contribution in [0.15, 0.2) is 71.6 Å². The van der Waals surface area contributed by atoms with Crippen LogP contribution < -0.4 is 9.47 Å². The number of ether oxygens (including phenoxy) is 2. The molecular weight excluding hydrogens is 532 g/mol. The summed E-state index contributed by atoms with van der Waals surface area (Å²) in [5.74, 6) is -0.277. The Labute approximate surface area is 235 Å². The van der Waals surface area contributed by atoms with E-state index in [-0.39, 0.29) is 35.3 Å². The van der Waals surface area contributed by atoms with Gasteiger partial charge in [0.05, 0.1) is 19.3 Å². The van der Waals surface area contributed by atoms with Gasteiger partial charge in [-0.3, -0.25) is 4.90 Å². The van der Waals surface area contributed by atoms with Gasteiger partial charge in [-0.2, -0.15) is 4.31 Å². The van der Waals surface area contributed by atoms with Gasteiger partial charge in [0, 0.05) is 31.6 Å². The zero-order valence-electron chi connectivity index (χ0n) is 23.1. The average molecular weight is 569 g/mol. The number of hydrogen-bond acceptors (Lipinski definition) is 7. The zero-order valence-corrected chi connectivity index (χ0v) is 24.0. The Morgan fingerprint density at radius 2 is 1.80 bits per heavy atom. The number of aliphatic hydroxyl groups is 1. The zero-order chi connectivity index (χ0) is 29.0. The maximum Gasteiger partial charge on any atom is 0.336 e. The number of sulfonamides is 1. The van der Waals surface area contributed by atoms with Crippen LogP contribution >= 0.6 is 0 Å². The highest BCUT2D eigenvalue weighted by Gasteiger charge is 2.38. The molecule has 40 heavy (non-hydrogen) atoms. The largest absolute Gasteiger partial charge is 0.497 e. The predicted octanol–water partition coefficient (Wildman–Crippen LogP) is 3.96. The van der Waals surface area contributed by atoms with Crippen LogP contribution in [0.2, 0.25) is 0 Å². The fraction of sp³-hybridized carbons (Fsp3) is 0.367. The van der Waals surface area contributed by atoms with Crippen molar-refractivity contribution in [3.05, 3.63) is 77.9 Å². The van der Waals surface area contributed by atoms with Crippen molar-refractivity contribution in [2.24, 2.45) is 5.92 Å². The summed E-state index contributed by atoms with van der Waals surface area (Å²) in [5, 5.41) is 19.5. The van der Waals surface area contributed by atoms with E-state index in [1.807, 2.05) is 43.1 Å². The van der Waals surface area contributed by atoms with E-state index < -0.39 is 28.1 Å². The van der Waals surface area contributed by atoms with Crippen LogP contribution in [0, 0.1) is 5.92 Å². The number of benzene rings is 3. The molecule has 3 aromatic rings. The van der Waals surface area contributed by atoms with Crippen LogP contribution in [0.5, 0.6) is 11.5 Å². The lowest BCUT2D eigenvalue weighted by Crippen LogP contribution is -2.49. The Hall–Kier alpha value is -3.44. The molecule has 0 aromatic heterocycles. The van der Waals surface area contributed by atoms with Gasteiger partial charge in [0.2, 0.25) is 10.0 Å². The summed E-state index contributed by atoms with van der Waals surface area (Å²) in [6.07, 6.45) is -0.421. The average Bonchev–Trinajstić information content (AvgIpc) is 2.94. The first-order chi connectivity index (χ1) is 19.0. The highest BCUT2D eigenvalue weighted by Crippen LogP contribution is 2.37.